The molecule has 0 radical (unpaired) electrons. The van der Waals surface area contributed by atoms with Gasteiger partial charge in [-0.3, -0.25) is 0 Å². The van der Waals surface area contributed by atoms with Crippen LogP contribution in [-0.4, -0.2) is 31.3 Å². The van der Waals surface area contributed by atoms with Gasteiger partial charge in [0.05, 0.1) is 18.2 Å². The van der Waals surface area contributed by atoms with Crippen LogP contribution in [0, 0.1) is 11.6 Å². The summed E-state index contributed by atoms with van der Waals surface area (Å²) in [7, 11) is 1.55. The molecule has 0 amide bonds. The van der Waals surface area contributed by atoms with Gasteiger partial charge >= 0.3 is 12.1 Å². The van der Waals surface area contributed by atoms with E-state index in [0.29, 0.717) is 17.9 Å². The summed E-state index contributed by atoms with van der Waals surface area (Å²) in [6.45, 7) is 2.20. The summed E-state index contributed by atoms with van der Waals surface area (Å²) in [5, 5.41) is 12.3. The fourth-order valence-corrected chi connectivity index (χ4v) is 3.40. The van der Waals surface area contributed by atoms with Crippen LogP contribution in [0.4, 0.5) is 22.0 Å². The van der Waals surface area contributed by atoms with E-state index in [-0.39, 0.29) is 36.1 Å². The van der Waals surface area contributed by atoms with E-state index in [9.17, 15) is 26.7 Å². The summed E-state index contributed by atoms with van der Waals surface area (Å²) >= 11 is 0. The summed E-state index contributed by atoms with van der Waals surface area (Å²) in [6.07, 6.45) is -4.75. The van der Waals surface area contributed by atoms with Crippen LogP contribution in [-0.2, 0) is 6.18 Å². The van der Waals surface area contributed by atoms with Crippen LogP contribution in [0.15, 0.2) is 54.6 Å². The van der Waals surface area contributed by atoms with Crippen molar-refractivity contribution in [3.63, 3.8) is 0 Å². The second-order valence-corrected chi connectivity index (χ2v) is 7.67. The smallest absolute Gasteiger partial charge is 0.416 e. The maximum Gasteiger partial charge on any atom is 0.416 e. The lowest BCUT2D eigenvalue weighted by atomic mass is 9.99. The van der Waals surface area contributed by atoms with Crippen molar-refractivity contribution < 1.29 is 41.3 Å². The molecule has 3 aromatic carbocycles. The first-order chi connectivity index (χ1) is 16.5. The highest BCUT2D eigenvalue weighted by Crippen LogP contribution is 2.36. The molecule has 0 aliphatic carbocycles. The average Bonchev–Trinajstić information content (AvgIpc) is 2.82. The zero-order chi connectivity index (χ0) is 25.8. The molecule has 3 aromatic rings. The average molecular weight is 495 g/mol. The van der Waals surface area contributed by atoms with Gasteiger partial charge in [-0.1, -0.05) is 12.1 Å². The van der Waals surface area contributed by atoms with Gasteiger partial charge in [0, 0.05) is 12.6 Å². The van der Waals surface area contributed by atoms with Crippen molar-refractivity contribution in [3.05, 3.63) is 82.9 Å². The highest BCUT2D eigenvalue weighted by Gasteiger charge is 2.32. The molecule has 186 valence electrons. The Kier molecular flexibility index (Phi) is 7.96. The number of carboxylic acid groups (broad SMARTS) is 1. The normalized spacial score (nSPS) is 12.3. The van der Waals surface area contributed by atoms with E-state index in [2.05, 4.69) is 5.32 Å². The lowest BCUT2D eigenvalue weighted by molar-refractivity contribution is -0.137. The van der Waals surface area contributed by atoms with Crippen LogP contribution in [0.1, 0.15) is 34.5 Å². The molecular weight excluding hydrogens is 473 g/mol. The Bertz CT molecular complexity index is 1210. The van der Waals surface area contributed by atoms with Crippen LogP contribution >= 0.6 is 0 Å². The topological polar surface area (TPSA) is 67.8 Å². The molecule has 2 N–H and O–H groups in total. The Morgan fingerprint density at radius 1 is 1.03 bits per heavy atom. The van der Waals surface area contributed by atoms with E-state index in [1.54, 1.807) is 13.2 Å². The predicted molar refractivity (Wildman–Crippen MR) is 119 cm³/mol. The molecule has 0 aliphatic rings. The van der Waals surface area contributed by atoms with Crippen molar-refractivity contribution in [1.82, 2.24) is 5.32 Å². The molecule has 0 saturated heterocycles. The molecule has 35 heavy (non-hydrogen) atoms. The Morgan fingerprint density at radius 2 is 1.74 bits per heavy atom. The monoisotopic (exact) mass is 495 g/mol. The van der Waals surface area contributed by atoms with E-state index in [4.69, 9.17) is 14.6 Å². The summed E-state index contributed by atoms with van der Waals surface area (Å²) in [5.74, 6) is -4.31. The maximum atomic E-state index is 13.9. The number of hydrogen-bond acceptors (Lipinski definition) is 4. The molecule has 0 unspecified atom stereocenters. The molecule has 0 fully saturated rings. The van der Waals surface area contributed by atoms with E-state index >= 15 is 0 Å². The van der Waals surface area contributed by atoms with Crippen LogP contribution in [0.25, 0.3) is 11.1 Å². The zero-order valence-electron chi connectivity index (χ0n) is 18.7. The Balaban J connectivity index is 1.79. The first-order valence-corrected chi connectivity index (χ1v) is 10.4. The van der Waals surface area contributed by atoms with Gasteiger partial charge in [-0.2, -0.15) is 13.2 Å². The van der Waals surface area contributed by atoms with Crippen LogP contribution < -0.4 is 14.8 Å². The quantitative estimate of drug-likeness (QED) is 0.278. The third-order valence-corrected chi connectivity index (χ3v) is 5.24. The van der Waals surface area contributed by atoms with Crippen molar-refractivity contribution in [3.8, 4) is 22.6 Å². The molecule has 10 heteroatoms. The molecule has 5 nitrogen and oxygen atoms in total. The minimum Gasteiger partial charge on any atom is -0.497 e. The zero-order valence-corrected chi connectivity index (χ0v) is 18.7. The van der Waals surface area contributed by atoms with Gasteiger partial charge in [-0.15, -0.1) is 0 Å². The van der Waals surface area contributed by atoms with Gasteiger partial charge in [0.1, 0.15) is 18.1 Å². The molecule has 1 atom stereocenters. The van der Waals surface area contributed by atoms with Gasteiger partial charge in [0.25, 0.3) is 0 Å². The summed E-state index contributed by atoms with van der Waals surface area (Å²) in [6, 6.07) is 11.4. The van der Waals surface area contributed by atoms with Crippen LogP contribution in [0.5, 0.6) is 11.5 Å². The van der Waals surface area contributed by atoms with Crippen molar-refractivity contribution in [2.24, 2.45) is 0 Å². The number of aromatic carboxylic acids is 1. The summed E-state index contributed by atoms with van der Waals surface area (Å²) in [4.78, 5) is 11.2. The number of alkyl halides is 3. The van der Waals surface area contributed by atoms with Gasteiger partial charge in [0.15, 0.2) is 11.6 Å². The Hall–Kier alpha value is -3.66. The van der Waals surface area contributed by atoms with Gasteiger partial charge in [-0.05, 0) is 66.1 Å². The maximum absolute atomic E-state index is 13.9. The molecule has 0 spiro atoms. The van der Waals surface area contributed by atoms with E-state index in [1.165, 1.54) is 6.07 Å². The standard InChI is InChI=1S/C25H22F5NO4/c1-14(15-4-3-5-19(9-15)34-2)31-6-7-35-20-10-16(8-18(13-20)25(28,29)30)17-11-21(24(32)33)23(27)22(26)12-17/h3-5,8-14,31H,6-7H2,1-2H3,(H,32,33)/t14-/m1/s1. The fourth-order valence-electron chi connectivity index (χ4n) is 3.40. The van der Waals surface area contributed by atoms with Crippen molar-refractivity contribution in [1.29, 1.82) is 0 Å². The summed E-state index contributed by atoms with van der Waals surface area (Å²) < 4.78 is 78.7. The SMILES string of the molecule is COc1cccc([C@@H](C)NCCOc2cc(-c3cc(F)c(F)c(C(=O)O)c3)cc(C(F)(F)F)c2)c1. The molecule has 3 rings (SSSR count). The number of rotatable bonds is 9. The number of methoxy groups -OCH3 is 1. The van der Waals surface area contributed by atoms with Gasteiger partial charge in [0.2, 0.25) is 0 Å². The lowest BCUT2D eigenvalue weighted by Crippen LogP contribution is -2.24. The number of benzene rings is 3. The third-order valence-electron chi connectivity index (χ3n) is 5.24. The second kappa shape index (κ2) is 10.7. The number of halogens is 5. The Morgan fingerprint density at radius 3 is 2.40 bits per heavy atom. The van der Waals surface area contributed by atoms with E-state index < -0.39 is 34.9 Å². The van der Waals surface area contributed by atoms with Gasteiger partial charge < -0.3 is 19.9 Å². The number of carbonyl (C=O) groups is 1. The second-order valence-electron chi connectivity index (χ2n) is 7.67. The summed E-state index contributed by atoms with van der Waals surface area (Å²) in [5.41, 5.74) is -1.53. The predicted octanol–water partition coefficient (Wildman–Crippen LogP) is 6.09. The van der Waals surface area contributed by atoms with Crippen LogP contribution in [0.3, 0.4) is 0 Å². The van der Waals surface area contributed by atoms with E-state index in [0.717, 1.165) is 17.7 Å². The number of hydrogen-bond donors (Lipinski definition) is 2. The highest BCUT2D eigenvalue weighted by molar-refractivity contribution is 5.90. The molecular formula is C25H22F5NO4. The minimum atomic E-state index is -4.75. The van der Waals surface area contributed by atoms with Crippen LogP contribution in [0.2, 0.25) is 0 Å². The number of ether oxygens (including phenoxy) is 2. The molecule has 0 heterocycles. The number of nitrogens with one attached hydrogen (secondary N) is 1. The first kappa shape index (κ1) is 26.0. The highest BCUT2D eigenvalue weighted by atomic mass is 19.4. The molecule has 0 aromatic heterocycles. The largest absolute Gasteiger partial charge is 0.497 e. The fraction of sp³-hybridized carbons (Fsp3) is 0.240. The third kappa shape index (κ3) is 6.48. The van der Waals surface area contributed by atoms with Crippen molar-refractivity contribution in [2.75, 3.05) is 20.3 Å². The number of carboxylic acids is 1. The van der Waals surface area contributed by atoms with Crippen molar-refractivity contribution >= 4 is 5.97 Å². The lowest BCUT2D eigenvalue weighted by Gasteiger charge is -2.17. The molecule has 0 bridgehead atoms. The first-order valence-electron chi connectivity index (χ1n) is 10.4. The molecule has 0 saturated carbocycles. The van der Waals surface area contributed by atoms with Gasteiger partial charge in [-0.25, -0.2) is 13.6 Å². The minimum absolute atomic E-state index is 0.00716. The Labute approximate surface area is 198 Å². The van der Waals surface area contributed by atoms with E-state index in [1.807, 2.05) is 25.1 Å². The molecule has 0 aliphatic heterocycles. The van der Waals surface area contributed by atoms with Crippen molar-refractivity contribution in [2.45, 2.75) is 19.1 Å².